The molecule has 0 bridgehead atoms. The lowest BCUT2D eigenvalue weighted by molar-refractivity contribution is 0.0588. The van der Waals surface area contributed by atoms with Gasteiger partial charge in [-0.15, -0.1) is 0 Å². The maximum atomic E-state index is 12.5. The number of benzene rings is 2. The number of halogens is 1. The molecule has 0 unspecified atom stereocenters. The van der Waals surface area contributed by atoms with Crippen molar-refractivity contribution in [3.63, 3.8) is 0 Å². The van der Waals surface area contributed by atoms with Crippen molar-refractivity contribution < 1.29 is 14.3 Å². The first kappa shape index (κ1) is 25.7. The van der Waals surface area contributed by atoms with E-state index >= 15 is 0 Å². The molecule has 0 aliphatic rings. The fourth-order valence-electron chi connectivity index (χ4n) is 2.92. The number of anilines is 3. The van der Waals surface area contributed by atoms with Gasteiger partial charge in [-0.2, -0.15) is 0 Å². The van der Waals surface area contributed by atoms with E-state index in [1.54, 1.807) is 12.1 Å². The van der Waals surface area contributed by atoms with Crippen LogP contribution >= 0.6 is 11.6 Å². The summed E-state index contributed by atoms with van der Waals surface area (Å²) in [6.07, 6.45) is 4.61. The van der Waals surface area contributed by atoms with E-state index in [2.05, 4.69) is 10.3 Å². The zero-order valence-corrected chi connectivity index (χ0v) is 20.1. The molecule has 1 heterocycles. The zero-order chi connectivity index (χ0) is 24.2. The lowest BCUT2D eigenvalue weighted by Gasteiger charge is -2.19. The Kier molecular flexibility index (Phi) is 10.2. The summed E-state index contributed by atoms with van der Waals surface area (Å²) in [7, 11) is 1.29. The number of nitrogens with zero attached hydrogens (tertiary/aromatic N) is 1. The van der Waals surface area contributed by atoms with Crippen LogP contribution in [-0.2, 0) is 11.3 Å². The number of esters is 1. The molecule has 3 aromatic rings. The first-order valence-electron chi connectivity index (χ1n) is 10.8. The second kappa shape index (κ2) is 13.1. The van der Waals surface area contributed by atoms with Gasteiger partial charge >= 0.3 is 5.97 Å². The first-order valence-corrected chi connectivity index (χ1v) is 11.2. The average molecular weight is 468 g/mol. The third kappa shape index (κ3) is 6.99. The second-order valence-corrected chi connectivity index (χ2v) is 7.11. The minimum Gasteiger partial charge on any atom is -0.486 e. The molecule has 0 aliphatic heterocycles. The van der Waals surface area contributed by atoms with Gasteiger partial charge in [0, 0.05) is 16.3 Å². The Hall–Kier alpha value is -3.51. The molecule has 174 valence electrons. The summed E-state index contributed by atoms with van der Waals surface area (Å²) in [5, 5.41) is 3.89. The number of aromatic nitrogens is 1. The van der Waals surface area contributed by atoms with Gasteiger partial charge in [0.1, 0.15) is 12.4 Å². The van der Waals surface area contributed by atoms with E-state index in [4.69, 9.17) is 26.8 Å². The van der Waals surface area contributed by atoms with Crippen LogP contribution in [0.4, 0.5) is 17.2 Å². The highest BCUT2D eigenvalue weighted by Crippen LogP contribution is 2.37. The van der Waals surface area contributed by atoms with E-state index < -0.39 is 5.97 Å². The Morgan fingerprint density at radius 3 is 2.39 bits per heavy atom. The number of hydrogen-bond donors (Lipinski definition) is 2. The van der Waals surface area contributed by atoms with Gasteiger partial charge in [-0.25, -0.2) is 9.78 Å². The van der Waals surface area contributed by atoms with Crippen LogP contribution in [-0.4, -0.2) is 18.1 Å². The smallest absolute Gasteiger partial charge is 0.360 e. The number of nitrogens with one attached hydrogen (secondary N) is 1. The molecule has 0 amide bonds. The van der Waals surface area contributed by atoms with Gasteiger partial charge in [0.15, 0.2) is 11.4 Å². The van der Waals surface area contributed by atoms with Crippen molar-refractivity contribution in [2.45, 2.75) is 33.8 Å². The molecule has 7 heteroatoms. The highest BCUT2D eigenvalue weighted by Gasteiger charge is 2.24. The minimum atomic E-state index is -0.626. The van der Waals surface area contributed by atoms with Gasteiger partial charge in [-0.05, 0) is 36.2 Å². The standard InChI is InChI=1S/C24H24ClN3O3.C2H6/c1-3-4-10-19-20(27-18-13-11-17(25)12-14-18)23(26)28-21(24(29)30-2)22(19)31-15-16-8-6-5-7-9-16;1-2/h4-14,27H,3,15H2,1-2H3,(H2,26,28);1-2H3/b10-4+;. The number of hydrogen-bond acceptors (Lipinski definition) is 6. The average Bonchev–Trinajstić information content (AvgIpc) is 2.85. The Balaban J connectivity index is 0.00000187. The maximum absolute atomic E-state index is 12.5. The van der Waals surface area contributed by atoms with Crippen molar-refractivity contribution in [2.75, 3.05) is 18.2 Å². The van der Waals surface area contributed by atoms with Gasteiger partial charge < -0.3 is 20.5 Å². The van der Waals surface area contributed by atoms with Crippen molar-refractivity contribution in [2.24, 2.45) is 0 Å². The SMILES string of the molecule is CC.CC/C=C/c1c(Nc2ccc(Cl)cc2)c(N)nc(C(=O)OC)c1OCc1ccccc1. The van der Waals surface area contributed by atoms with Crippen LogP contribution in [0.3, 0.4) is 0 Å². The van der Waals surface area contributed by atoms with Crippen molar-refractivity contribution in [3.8, 4) is 5.75 Å². The van der Waals surface area contributed by atoms with Gasteiger partial charge in [-0.1, -0.05) is 74.9 Å². The predicted octanol–water partition coefficient (Wildman–Crippen LogP) is 6.88. The molecule has 0 atom stereocenters. The number of methoxy groups -OCH3 is 1. The second-order valence-electron chi connectivity index (χ2n) is 6.67. The summed E-state index contributed by atoms with van der Waals surface area (Å²) in [6.45, 7) is 6.27. The van der Waals surface area contributed by atoms with Gasteiger partial charge in [0.05, 0.1) is 12.8 Å². The molecule has 6 nitrogen and oxygen atoms in total. The topological polar surface area (TPSA) is 86.5 Å². The van der Waals surface area contributed by atoms with Crippen LogP contribution in [0.1, 0.15) is 48.8 Å². The predicted molar refractivity (Wildman–Crippen MR) is 136 cm³/mol. The normalized spacial score (nSPS) is 10.3. The Morgan fingerprint density at radius 2 is 1.79 bits per heavy atom. The lowest BCUT2D eigenvalue weighted by atomic mass is 10.1. The quantitative estimate of drug-likeness (QED) is 0.351. The molecule has 0 fully saturated rings. The molecule has 33 heavy (non-hydrogen) atoms. The molecule has 3 N–H and O–H groups in total. The number of nitrogens with two attached hydrogens (primary N) is 1. The number of nitrogen functional groups attached to an aromatic ring is 1. The van der Waals surface area contributed by atoms with Gasteiger partial charge in [0.2, 0.25) is 0 Å². The molecule has 0 radical (unpaired) electrons. The van der Waals surface area contributed by atoms with Crippen LogP contribution in [0, 0.1) is 0 Å². The summed E-state index contributed by atoms with van der Waals surface area (Å²) in [6, 6.07) is 16.8. The molecule has 0 aliphatic carbocycles. The monoisotopic (exact) mass is 467 g/mol. The van der Waals surface area contributed by atoms with E-state index in [9.17, 15) is 4.79 Å². The van der Waals surface area contributed by atoms with E-state index in [0.29, 0.717) is 22.0 Å². The molecule has 3 rings (SSSR count). The van der Waals surface area contributed by atoms with E-state index in [-0.39, 0.29) is 18.1 Å². The number of carbonyl (C=O) groups excluding carboxylic acids is 1. The third-order valence-electron chi connectivity index (χ3n) is 4.46. The molecule has 2 aromatic carbocycles. The first-order chi connectivity index (χ1) is 16.0. The zero-order valence-electron chi connectivity index (χ0n) is 19.4. The highest BCUT2D eigenvalue weighted by molar-refractivity contribution is 6.30. The molecule has 0 saturated carbocycles. The van der Waals surface area contributed by atoms with E-state index in [1.165, 1.54) is 7.11 Å². The Labute approximate surface area is 200 Å². The fraction of sp³-hybridized carbons (Fsp3) is 0.231. The van der Waals surface area contributed by atoms with Crippen LogP contribution in [0.15, 0.2) is 60.7 Å². The number of rotatable bonds is 8. The summed E-state index contributed by atoms with van der Waals surface area (Å²) in [4.78, 5) is 16.7. The lowest BCUT2D eigenvalue weighted by Crippen LogP contribution is -2.13. The van der Waals surface area contributed by atoms with Crippen molar-refractivity contribution in [1.82, 2.24) is 4.98 Å². The molecule has 1 aromatic heterocycles. The highest BCUT2D eigenvalue weighted by atomic mass is 35.5. The third-order valence-corrected chi connectivity index (χ3v) is 4.71. The maximum Gasteiger partial charge on any atom is 0.360 e. The van der Waals surface area contributed by atoms with E-state index in [0.717, 1.165) is 17.7 Å². The van der Waals surface area contributed by atoms with Gasteiger partial charge in [-0.3, -0.25) is 0 Å². The largest absolute Gasteiger partial charge is 0.486 e. The molecule has 0 saturated heterocycles. The summed E-state index contributed by atoms with van der Waals surface area (Å²) < 4.78 is 11.0. The molecular formula is C26H30ClN3O3. The Morgan fingerprint density at radius 1 is 1.12 bits per heavy atom. The van der Waals surface area contributed by atoms with Crippen molar-refractivity contribution in [1.29, 1.82) is 0 Å². The van der Waals surface area contributed by atoms with Gasteiger partial charge in [0.25, 0.3) is 0 Å². The van der Waals surface area contributed by atoms with E-state index in [1.807, 2.05) is 75.4 Å². The minimum absolute atomic E-state index is 0.0216. The van der Waals surface area contributed by atoms with Crippen molar-refractivity contribution >= 4 is 40.8 Å². The number of pyridine rings is 1. The number of carbonyl (C=O) groups is 1. The number of allylic oxidation sites excluding steroid dienone is 1. The summed E-state index contributed by atoms with van der Waals surface area (Å²) >= 11 is 5.99. The van der Waals surface area contributed by atoms with Crippen LogP contribution in [0.25, 0.3) is 6.08 Å². The summed E-state index contributed by atoms with van der Waals surface area (Å²) in [5.74, 6) is -0.178. The Bertz CT molecular complexity index is 1070. The molecule has 0 spiro atoms. The molecular weight excluding hydrogens is 438 g/mol. The van der Waals surface area contributed by atoms with Crippen molar-refractivity contribution in [3.05, 3.63) is 82.5 Å². The summed E-state index contributed by atoms with van der Waals surface area (Å²) in [5.41, 5.74) is 9.13. The number of ether oxygens (including phenoxy) is 2. The van der Waals surface area contributed by atoms with Crippen LogP contribution < -0.4 is 15.8 Å². The van der Waals surface area contributed by atoms with Crippen LogP contribution in [0.5, 0.6) is 5.75 Å². The van der Waals surface area contributed by atoms with Crippen LogP contribution in [0.2, 0.25) is 5.02 Å². The fourth-order valence-corrected chi connectivity index (χ4v) is 3.05.